The molecule has 462 valence electrons. The van der Waals surface area contributed by atoms with E-state index < -0.39 is 124 Å². The highest BCUT2D eigenvalue weighted by molar-refractivity contribution is 5.76. The molecule has 17 atom stereocenters. The highest BCUT2D eigenvalue weighted by atomic mass is 16.8. The molecule has 0 aliphatic carbocycles. The van der Waals surface area contributed by atoms with Gasteiger partial charge in [0.15, 0.2) is 18.9 Å². The molecule has 3 fully saturated rings. The van der Waals surface area contributed by atoms with Crippen LogP contribution in [0, 0.1) is 0 Å². The van der Waals surface area contributed by atoms with Gasteiger partial charge in [-0.3, -0.25) is 4.79 Å². The van der Waals surface area contributed by atoms with Gasteiger partial charge in [-0.2, -0.15) is 0 Å². The normalized spacial score (nSPS) is 30.5. The quantitative estimate of drug-likeness (QED) is 0.0257. The van der Waals surface area contributed by atoms with Crippen LogP contribution in [0.4, 0.5) is 0 Å². The van der Waals surface area contributed by atoms with Crippen LogP contribution in [-0.4, -0.2) is 193 Å². The number of carbonyl (C=O) groups is 1. The molecule has 19 nitrogen and oxygen atoms in total. The Hall–Kier alpha value is -1.99. The predicted molar refractivity (Wildman–Crippen MR) is 300 cm³/mol. The SMILES string of the molecule is CCCCCCCC/C=C\CCCCCCCCCCCC(=O)NC(COC1OC(CO)C(OC2OC(CO)C(OC3OC(CO)C(O)C(O)C3O)C(O)C2O)C(O)C1O)C(O)/C=C/CC/C=C/CCCCCCCCCCC. The van der Waals surface area contributed by atoms with Crippen LogP contribution in [0.5, 0.6) is 0 Å². The number of rotatable bonds is 45. The summed E-state index contributed by atoms with van der Waals surface area (Å²) in [4.78, 5) is 13.3. The number of nitrogens with one attached hydrogen (secondary N) is 1. The molecular weight excluding hydrogens is 1020 g/mol. The topological polar surface area (TPSA) is 307 Å². The Morgan fingerprint density at radius 2 is 0.810 bits per heavy atom. The molecule has 0 aromatic carbocycles. The van der Waals surface area contributed by atoms with E-state index in [1.54, 1.807) is 6.08 Å². The van der Waals surface area contributed by atoms with Gasteiger partial charge in [0.25, 0.3) is 0 Å². The van der Waals surface area contributed by atoms with Gasteiger partial charge in [-0.05, 0) is 57.8 Å². The third-order valence-corrected chi connectivity index (χ3v) is 15.4. The van der Waals surface area contributed by atoms with Crippen molar-refractivity contribution in [1.29, 1.82) is 0 Å². The van der Waals surface area contributed by atoms with Crippen LogP contribution in [0.25, 0.3) is 0 Å². The molecule has 3 heterocycles. The average Bonchev–Trinajstić information content (AvgIpc) is 3.47. The van der Waals surface area contributed by atoms with E-state index in [0.717, 1.165) is 51.4 Å². The first-order valence-corrected chi connectivity index (χ1v) is 30.7. The molecule has 0 aromatic rings. The Balaban J connectivity index is 1.51. The number of aliphatic hydroxyl groups excluding tert-OH is 11. The van der Waals surface area contributed by atoms with Crippen molar-refractivity contribution in [2.75, 3.05) is 26.4 Å². The summed E-state index contributed by atoms with van der Waals surface area (Å²) < 4.78 is 34.2. The maximum absolute atomic E-state index is 13.3. The van der Waals surface area contributed by atoms with Gasteiger partial charge in [0.05, 0.1) is 38.6 Å². The van der Waals surface area contributed by atoms with Crippen molar-refractivity contribution in [2.45, 2.75) is 311 Å². The van der Waals surface area contributed by atoms with Crippen molar-refractivity contribution in [1.82, 2.24) is 5.32 Å². The lowest BCUT2D eigenvalue weighted by molar-refractivity contribution is -0.379. The van der Waals surface area contributed by atoms with Gasteiger partial charge in [-0.25, -0.2) is 0 Å². The van der Waals surface area contributed by atoms with Crippen molar-refractivity contribution in [3.63, 3.8) is 0 Å². The van der Waals surface area contributed by atoms with Crippen molar-refractivity contribution in [3.05, 3.63) is 36.5 Å². The minimum Gasteiger partial charge on any atom is -0.394 e. The molecule has 0 radical (unpaired) electrons. The lowest BCUT2D eigenvalue weighted by Gasteiger charge is -2.48. The van der Waals surface area contributed by atoms with Crippen LogP contribution in [0.1, 0.15) is 206 Å². The third kappa shape index (κ3) is 27.5. The molecule has 3 aliphatic heterocycles. The number of aliphatic hydroxyl groups is 11. The molecule has 1 amide bonds. The Morgan fingerprint density at radius 3 is 1.27 bits per heavy atom. The lowest BCUT2D eigenvalue weighted by Crippen LogP contribution is -2.66. The van der Waals surface area contributed by atoms with Crippen molar-refractivity contribution in [3.8, 4) is 0 Å². The van der Waals surface area contributed by atoms with Gasteiger partial charge in [0.2, 0.25) is 5.91 Å². The Morgan fingerprint density at radius 1 is 0.443 bits per heavy atom. The van der Waals surface area contributed by atoms with E-state index in [1.807, 2.05) is 6.08 Å². The molecule has 0 saturated carbocycles. The van der Waals surface area contributed by atoms with Crippen molar-refractivity contribution >= 4 is 5.91 Å². The summed E-state index contributed by atoms with van der Waals surface area (Å²) in [5.41, 5.74) is 0. The Kier molecular flexibility index (Phi) is 39.4. The first-order valence-electron chi connectivity index (χ1n) is 30.7. The van der Waals surface area contributed by atoms with Gasteiger partial charge in [-0.15, -0.1) is 0 Å². The first-order chi connectivity index (χ1) is 38.3. The molecule has 19 heteroatoms. The van der Waals surface area contributed by atoms with Gasteiger partial charge >= 0.3 is 0 Å². The third-order valence-electron chi connectivity index (χ3n) is 15.4. The highest BCUT2D eigenvalue weighted by Gasteiger charge is 2.53. The van der Waals surface area contributed by atoms with E-state index in [4.69, 9.17) is 28.4 Å². The Bertz CT molecular complexity index is 1590. The minimum atomic E-state index is -1.98. The summed E-state index contributed by atoms with van der Waals surface area (Å²) in [6.45, 7) is 1.69. The fourth-order valence-electron chi connectivity index (χ4n) is 10.3. The van der Waals surface area contributed by atoms with E-state index >= 15 is 0 Å². The van der Waals surface area contributed by atoms with E-state index in [-0.39, 0.29) is 18.9 Å². The summed E-state index contributed by atoms with van der Waals surface area (Å²) >= 11 is 0. The lowest BCUT2D eigenvalue weighted by atomic mass is 9.96. The smallest absolute Gasteiger partial charge is 0.220 e. The van der Waals surface area contributed by atoms with E-state index in [2.05, 4.69) is 43.5 Å². The molecule has 0 bridgehead atoms. The fraction of sp³-hybridized carbons (Fsp3) is 0.883. The first kappa shape index (κ1) is 71.3. The van der Waals surface area contributed by atoms with Gasteiger partial charge < -0.3 is 89.9 Å². The van der Waals surface area contributed by atoms with E-state index in [1.165, 1.54) is 122 Å². The second kappa shape index (κ2) is 43.6. The molecule has 3 aliphatic rings. The van der Waals surface area contributed by atoms with Crippen LogP contribution in [0.2, 0.25) is 0 Å². The standard InChI is InChI=1S/C60H109NO18/c1-3-5-7-9-11-13-15-17-19-20-21-22-24-26-28-30-32-34-36-38-48(66)61-43(44(65)37-35-33-31-29-27-25-23-18-16-14-12-10-8-6-4-2)42-74-58-54(72)51(69)56(46(40-63)76-58)79-60-55(73)52(70)57(47(41-64)77-60)78-59-53(71)50(68)49(67)45(39-62)75-59/h17,19,27,29,35,37,43-47,49-60,62-65,67-73H,3-16,18,20-26,28,30-34,36,38-42H2,1-2H3,(H,61,66)/b19-17-,29-27+,37-35+. The van der Waals surface area contributed by atoms with Crippen molar-refractivity contribution < 1.29 is 89.4 Å². The molecule has 17 unspecified atom stereocenters. The monoisotopic (exact) mass is 1130 g/mol. The molecule has 12 N–H and O–H groups in total. The zero-order valence-corrected chi connectivity index (χ0v) is 48.1. The highest BCUT2D eigenvalue weighted by Crippen LogP contribution is 2.33. The van der Waals surface area contributed by atoms with E-state index in [9.17, 15) is 61.0 Å². The number of allylic oxidation sites excluding steroid dienone is 5. The maximum atomic E-state index is 13.3. The zero-order chi connectivity index (χ0) is 57.6. The van der Waals surface area contributed by atoms with Crippen LogP contribution >= 0.6 is 0 Å². The second-order valence-electron chi connectivity index (χ2n) is 22.2. The van der Waals surface area contributed by atoms with Crippen LogP contribution in [0.15, 0.2) is 36.5 Å². The summed E-state index contributed by atoms with van der Waals surface area (Å²) in [6, 6.07) is -0.989. The molecule has 0 spiro atoms. The molecule has 79 heavy (non-hydrogen) atoms. The number of hydrogen-bond donors (Lipinski definition) is 12. The maximum Gasteiger partial charge on any atom is 0.220 e. The number of hydrogen-bond acceptors (Lipinski definition) is 18. The molecule has 3 rings (SSSR count). The van der Waals surface area contributed by atoms with Crippen LogP contribution in [-0.2, 0) is 33.2 Å². The second-order valence-corrected chi connectivity index (χ2v) is 22.2. The van der Waals surface area contributed by atoms with Crippen LogP contribution < -0.4 is 5.32 Å². The average molecular weight is 1130 g/mol. The minimum absolute atomic E-state index is 0.234. The van der Waals surface area contributed by atoms with Gasteiger partial charge in [0.1, 0.15) is 73.2 Å². The van der Waals surface area contributed by atoms with Gasteiger partial charge in [0, 0.05) is 6.42 Å². The zero-order valence-electron chi connectivity index (χ0n) is 48.1. The predicted octanol–water partition coefficient (Wildman–Crippen LogP) is 5.71. The number of amides is 1. The summed E-state index contributed by atoms with van der Waals surface area (Å²) in [5, 5.41) is 120. The molecule has 0 aromatic heterocycles. The number of ether oxygens (including phenoxy) is 6. The Labute approximate surface area is 472 Å². The summed E-state index contributed by atoms with van der Waals surface area (Å²) in [5.74, 6) is -0.288. The molecular formula is C60H109NO18. The summed E-state index contributed by atoms with van der Waals surface area (Å²) in [6.07, 6.45) is 19.8. The van der Waals surface area contributed by atoms with Crippen molar-refractivity contribution in [2.24, 2.45) is 0 Å². The number of carbonyl (C=O) groups excluding carboxylic acids is 1. The number of unbranched alkanes of at least 4 members (excludes halogenated alkanes) is 25. The summed E-state index contributed by atoms with van der Waals surface area (Å²) in [7, 11) is 0. The van der Waals surface area contributed by atoms with Gasteiger partial charge in [-0.1, -0.05) is 179 Å². The molecule has 3 saturated heterocycles. The fourth-order valence-corrected chi connectivity index (χ4v) is 10.3. The van der Waals surface area contributed by atoms with Crippen LogP contribution in [0.3, 0.4) is 0 Å². The van der Waals surface area contributed by atoms with E-state index in [0.29, 0.717) is 12.8 Å². The largest absolute Gasteiger partial charge is 0.394 e.